The Hall–Kier alpha value is -2.11. The lowest BCUT2D eigenvalue weighted by Crippen LogP contribution is -2.30. The Labute approximate surface area is 385 Å². The second-order valence-electron chi connectivity index (χ2n) is 18.5. The third-order valence-electron chi connectivity index (χ3n) is 12.2. The van der Waals surface area contributed by atoms with E-state index in [4.69, 9.17) is 14.2 Å². The molecule has 0 aliphatic rings. The minimum absolute atomic E-state index is 0.0701. The van der Waals surface area contributed by atoms with Gasteiger partial charge in [0.15, 0.2) is 6.10 Å². The Morgan fingerprint density at radius 1 is 0.306 bits per heavy atom. The normalized spacial score (nSPS) is 12.1. The number of hydrogen-bond donors (Lipinski definition) is 0. The highest BCUT2D eigenvalue weighted by atomic mass is 16.6. The average Bonchev–Trinajstić information content (AvgIpc) is 3.27. The number of ether oxygens (including phenoxy) is 3. The van der Waals surface area contributed by atoms with Crippen molar-refractivity contribution >= 4 is 17.9 Å². The molecule has 1 atom stereocenters. The maximum Gasteiger partial charge on any atom is 0.306 e. The van der Waals surface area contributed by atoms with Crippen LogP contribution in [0.15, 0.2) is 24.3 Å². The summed E-state index contributed by atoms with van der Waals surface area (Å²) in [5.74, 6) is -0.867. The van der Waals surface area contributed by atoms with Crippen molar-refractivity contribution in [2.75, 3.05) is 13.2 Å². The van der Waals surface area contributed by atoms with Crippen LogP contribution in [0.5, 0.6) is 0 Å². The molecule has 0 bridgehead atoms. The van der Waals surface area contributed by atoms with Crippen molar-refractivity contribution in [2.24, 2.45) is 0 Å². The summed E-state index contributed by atoms with van der Waals surface area (Å²) in [7, 11) is 0. The lowest BCUT2D eigenvalue weighted by atomic mass is 10.0. The highest BCUT2D eigenvalue weighted by Gasteiger charge is 2.19. The van der Waals surface area contributed by atoms with Gasteiger partial charge in [0.1, 0.15) is 13.2 Å². The Kier molecular flexibility index (Phi) is 49.8. The second kappa shape index (κ2) is 51.5. The van der Waals surface area contributed by atoms with Gasteiger partial charge in [0.05, 0.1) is 0 Å². The Morgan fingerprint density at radius 2 is 0.548 bits per heavy atom. The zero-order chi connectivity index (χ0) is 45.1. The predicted molar refractivity (Wildman–Crippen MR) is 266 cm³/mol. The molecule has 0 unspecified atom stereocenters. The predicted octanol–water partition coefficient (Wildman–Crippen LogP) is 17.9. The topological polar surface area (TPSA) is 78.9 Å². The van der Waals surface area contributed by atoms with Crippen LogP contribution < -0.4 is 0 Å². The first-order chi connectivity index (χ1) is 30.5. The quantitative estimate of drug-likeness (QED) is 0.0262. The molecule has 0 aliphatic heterocycles. The van der Waals surface area contributed by atoms with Crippen molar-refractivity contribution in [2.45, 2.75) is 303 Å². The number of esters is 3. The third kappa shape index (κ3) is 48.9. The molecule has 0 radical (unpaired) electrons. The molecule has 0 saturated heterocycles. The van der Waals surface area contributed by atoms with Crippen molar-refractivity contribution in [1.82, 2.24) is 0 Å². The molecule has 0 aromatic rings. The maximum absolute atomic E-state index is 12.8. The highest BCUT2D eigenvalue weighted by molar-refractivity contribution is 5.71. The van der Waals surface area contributed by atoms with Gasteiger partial charge in [0, 0.05) is 19.3 Å². The molecule has 6 heteroatoms. The van der Waals surface area contributed by atoms with Gasteiger partial charge in [-0.05, 0) is 64.2 Å². The lowest BCUT2D eigenvalue weighted by Gasteiger charge is -2.18. The molecule has 6 nitrogen and oxygen atoms in total. The van der Waals surface area contributed by atoms with Gasteiger partial charge < -0.3 is 14.2 Å². The molecule has 62 heavy (non-hydrogen) atoms. The summed E-state index contributed by atoms with van der Waals surface area (Å²) in [6.07, 6.45) is 58.8. The molecular weight excluding hydrogens is 769 g/mol. The summed E-state index contributed by atoms with van der Waals surface area (Å²) in [5, 5.41) is 0. The van der Waals surface area contributed by atoms with Crippen molar-refractivity contribution in [3.05, 3.63) is 24.3 Å². The Morgan fingerprint density at radius 3 is 0.855 bits per heavy atom. The third-order valence-corrected chi connectivity index (χ3v) is 12.2. The number of allylic oxidation sites excluding steroid dienone is 4. The molecule has 0 aromatic carbocycles. The van der Waals surface area contributed by atoms with Crippen molar-refractivity contribution in [3.63, 3.8) is 0 Å². The van der Waals surface area contributed by atoms with Gasteiger partial charge >= 0.3 is 17.9 Å². The van der Waals surface area contributed by atoms with Crippen LogP contribution in [0.3, 0.4) is 0 Å². The van der Waals surface area contributed by atoms with E-state index in [2.05, 4.69) is 45.1 Å². The minimum atomic E-state index is -0.769. The first kappa shape index (κ1) is 59.9. The lowest BCUT2D eigenvalue weighted by molar-refractivity contribution is -0.167. The van der Waals surface area contributed by atoms with Crippen LogP contribution in [0.1, 0.15) is 297 Å². The first-order valence-corrected chi connectivity index (χ1v) is 27.3. The molecule has 364 valence electrons. The molecule has 0 aliphatic carbocycles. The van der Waals surface area contributed by atoms with E-state index in [1.165, 1.54) is 193 Å². The number of carbonyl (C=O) groups is 3. The molecular formula is C56H104O6. The molecule has 0 rings (SSSR count). The molecule has 0 fully saturated rings. The van der Waals surface area contributed by atoms with E-state index < -0.39 is 6.10 Å². The fraction of sp³-hybridized carbons (Fsp3) is 0.875. The maximum atomic E-state index is 12.8. The van der Waals surface area contributed by atoms with Crippen molar-refractivity contribution in [3.8, 4) is 0 Å². The van der Waals surface area contributed by atoms with E-state index in [0.717, 1.165) is 64.2 Å². The molecule has 0 amide bonds. The van der Waals surface area contributed by atoms with Gasteiger partial charge in [-0.2, -0.15) is 0 Å². The van der Waals surface area contributed by atoms with Crippen LogP contribution in [0.25, 0.3) is 0 Å². The SMILES string of the molecule is CCCC/C=C\CCCCCCCC(=O)OC[C@H](COC(=O)CCCCCCCCCCCCCC)OC(=O)CCCCCCCCCCCCC/C=C\CCCCCCCC. The van der Waals surface area contributed by atoms with E-state index in [1.54, 1.807) is 0 Å². The van der Waals surface area contributed by atoms with Gasteiger partial charge in [-0.15, -0.1) is 0 Å². The van der Waals surface area contributed by atoms with Crippen LogP contribution >= 0.6 is 0 Å². The summed E-state index contributed by atoms with van der Waals surface area (Å²) in [6.45, 7) is 6.62. The summed E-state index contributed by atoms with van der Waals surface area (Å²) < 4.78 is 16.8. The molecule has 0 saturated carbocycles. The van der Waals surface area contributed by atoms with E-state index in [-0.39, 0.29) is 31.1 Å². The fourth-order valence-electron chi connectivity index (χ4n) is 8.01. The molecule has 0 N–H and O–H groups in total. The van der Waals surface area contributed by atoms with Gasteiger partial charge in [-0.25, -0.2) is 0 Å². The average molecular weight is 873 g/mol. The standard InChI is InChI=1S/C56H104O6/c1-4-7-10-13-16-19-22-24-25-26-27-28-29-30-31-32-35-38-41-44-47-50-56(59)62-53(51-60-54(57)48-45-42-39-36-33-21-18-15-12-9-6-3)52-61-55(58)49-46-43-40-37-34-23-20-17-14-11-8-5-2/h15,18,24-25,53H,4-14,16-17,19-23,26-52H2,1-3H3/b18-15-,25-24-/t53-/m1/s1. The van der Waals surface area contributed by atoms with Gasteiger partial charge in [-0.3, -0.25) is 14.4 Å². The van der Waals surface area contributed by atoms with Gasteiger partial charge in [0.25, 0.3) is 0 Å². The summed E-state index contributed by atoms with van der Waals surface area (Å²) in [5.41, 5.74) is 0. The monoisotopic (exact) mass is 873 g/mol. The second-order valence-corrected chi connectivity index (χ2v) is 18.5. The highest BCUT2D eigenvalue weighted by Crippen LogP contribution is 2.16. The fourth-order valence-corrected chi connectivity index (χ4v) is 8.01. The van der Waals surface area contributed by atoms with Crippen LogP contribution in [-0.4, -0.2) is 37.2 Å². The number of rotatable bonds is 50. The number of hydrogen-bond acceptors (Lipinski definition) is 6. The van der Waals surface area contributed by atoms with Crippen LogP contribution in [0.2, 0.25) is 0 Å². The largest absolute Gasteiger partial charge is 0.462 e. The Balaban J connectivity index is 4.26. The zero-order valence-corrected chi connectivity index (χ0v) is 41.7. The van der Waals surface area contributed by atoms with Crippen molar-refractivity contribution in [1.29, 1.82) is 0 Å². The van der Waals surface area contributed by atoms with Gasteiger partial charge in [0.2, 0.25) is 0 Å². The van der Waals surface area contributed by atoms with Crippen molar-refractivity contribution < 1.29 is 28.6 Å². The number of unbranched alkanes of at least 4 members (excludes halogenated alkanes) is 35. The molecule has 0 heterocycles. The van der Waals surface area contributed by atoms with E-state index in [1.807, 2.05) is 0 Å². The minimum Gasteiger partial charge on any atom is -0.462 e. The Bertz CT molecular complexity index is 1000. The van der Waals surface area contributed by atoms with E-state index in [9.17, 15) is 14.4 Å². The van der Waals surface area contributed by atoms with Crippen LogP contribution in [0, 0.1) is 0 Å². The smallest absolute Gasteiger partial charge is 0.306 e. The summed E-state index contributed by atoms with van der Waals surface area (Å²) >= 11 is 0. The first-order valence-electron chi connectivity index (χ1n) is 27.3. The molecule has 0 spiro atoms. The summed E-state index contributed by atoms with van der Waals surface area (Å²) in [6, 6.07) is 0. The summed E-state index contributed by atoms with van der Waals surface area (Å²) in [4.78, 5) is 38.0. The molecule has 0 aromatic heterocycles. The van der Waals surface area contributed by atoms with Crippen LogP contribution in [0.4, 0.5) is 0 Å². The van der Waals surface area contributed by atoms with E-state index in [0.29, 0.717) is 19.3 Å². The van der Waals surface area contributed by atoms with Crippen LogP contribution in [-0.2, 0) is 28.6 Å². The number of carbonyl (C=O) groups excluding carboxylic acids is 3. The van der Waals surface area contributed by atoms with E-state index >= 15 is 0 Å². The zero-order valence-electron chi connectivity index (χ0n) is 41.7. The van der Waals surface area contributed by atoms with Gasteiger partial charge in [-0.1, -0.05) is 238 Å².